The first-order chi connectivity index (χ1) is 16.1. The Bertz CT molecular complexity index is 949. The van der Waals surface area contributed by atoms with Gasteiger partial charge in [0, 0.05) is 6.54 Å². The molecular weight excluding hydrogens is 442 g/mol. The van der Waals surface area contributed by atoms with Crippen LogP contribution in [-0.4, -0.2) is 49.7 Å². The summed E-state index contributed by atoms with van der Waals surface area (Å²) in [7, 11) is 0. The van der Waals surface area contributed by atoms with Crippen LogP contribution in [0.4, 0.5) is 0 Å². The van der Waals surface area contributed by atoms with Crippen molar-refractivity contribution < 1.29 is 23.7 Å². The van der Waals surface area contributed by atoms with Crippen molar-refractivity contribution in [2.24, 2.45) is 0 Å². The smallest absolute Gasteiger partial charge is 0.238 e. The van der Waals surface area contributed by atoms with Crippen LogP contribution in [0.2, 0.25) is 0 Å². The molecule has 2 aromatic rings. The summed E-state index contributed by atoms with van der Waals surface area (Å²) < 4.78 is 23.2. The molecule has 0 N–H and O–H groups in total. The summed E-state index contributed by atoms with van der Waals surface area (Å²) in [6.07, 6.45) is 1.37. The van der Waals surface area contributed by atoms with Gasteiger partial charge >= 0.3 is 0 Å². The van der Waals surface area contributed by atoms with E-state index in [0.717, 1.165) is 29.0 Å². The SMILES string of the molecule is CCOc1ccc(C[C@H]2c3cc(OCC)c(OCC)cc3CCN2C(=O)CCl)cc1OCC. The van der Waals surface area contributed by atoms with Crippen LogP contribution in [-0.2, 0) is 17.6 Å². The maximum Gasteiger partial charge on any atom is 0.238 e. The third-order valence-electron chi connectivity index (χ3n) is 5.63. The number of hydrogen-bond acceptors (Lipinski definition) is 5. The first-order valence-corrected chi connectivity index (χ1v) is 12.3. The maximum atomic E-state index is 12.8. The molecular formula is C26H34ClNO5. The predicted molar refractivity (Wildman–Crippen MR) is 130 cm³/mol. The van der Waals surface area contributed by atoms with E-state index in [1.807, 2.05) is 56.9 Å². The lowest BCUT2D eigenvalue weighted by Gasteiger charge is -2.38. The molecule has 1 aliphatic rings. The predicted octanol–water partition coefficient (Wildman–Crippen LogP) is 5.19. The van der Waals surface area contributed by atoms with Gasteiger partial charge in [0.05, 0.1) is 32.5 Å². The highest BCUT2D eigenvalue weighted by atomic mass is 35.5. The molecule has 0 saturated carbocycles. The summed E-state index contributed by atoms with van der Waals surface area (Å²) >= 11 is 5.98. The fourth-order valence-electron chi connectivity index (χ4n) is 4.29. The number of carbonyl (C=O) groups excluding carboxylic acids is 1. The van der Waals surface area contributed by atoms with Gasteiger partial charge in [0.1, 0.15) is 5.88 Å². The van der Waals surface area contributed by atoms with Crippen molar-refractivity contribution >= 4 is 17.5 Å². The van der Waals surface area contributed by atoms with E-state index in [0.29, 0.717) is 50.9 Å². The minimum atomic E-state index is -0.165. The maximum absolute atomic E-state index is 12.8. The molecule has 3 rings (SSSR count). The highest BCUT2D eigenvalue weighted by Gasteiger charge is 2.32. The Morgan fingerprint density at radius 1 is 0.879 bits per heavy atom. The van der Waals surface area contributed by atoms with Crippen molar-refractivity contribution in [3.63, 3.8) is 0 Å². The van der Waals surface area contributed by atoms with Gasteiger partial charge in [-0.15, -0.1) is 11.6 Å². The average molecular weight is 476 g/mol. The van der Waals surface area contributed by atoms with Gasteiger partial charge in [0.25, 0.3) is 0 Å². The minimum absolute atomic E-state index is 0.0470. The van der Waals surface area contributed by atoms with Crippen LogP contribution in [0, 0.1) is 0 Å². The number of hydrogen-bond donors (Lipinski definition) is 0. The number of alkyl halides is 1. The summed E-state index contributed by atoms with van der Waals surface area (Å²) in [5, 5.41) is 0. The van der Waals surface area contributed by atoms with Crippen LogP contribution in [0.5, 0.6) is 23.0 Å². The molecule has 0 spiro atoms. The average Bonchev–Trinajstić information content (AvgIpc) is 2.81. The minimum Gasteiger partial charge on any atom is -0.490 e. The molecule has 7 heteroatoms. The van der Waals surface area contributed by atoms with E-state index in [-0.39, 0.29) is 17.8 Å². The lowest BCUT2D eigenvalue weighted by Crippen LogP contribution is -2.41. The first kappa shape index (κ1) is 25.0. The van der Waals surface area contributed by atoms with Crippen molar-refractivity contribution in [2.45, 2.75) is 46.6 Å². The summed E-state index contributed by atoms with van der Waals surface area (Å²) in [6.45, 7) is 10.6. The number of ether oxygens (including phenoxy) is 4. The number of benzene rings is 2. The van der Waals surface area contributed by atoms with Gasteiger partial charge in [-0.25, -0.2) is 0 Å². The van der Waals surface area contributed by atoms with Crippen molar-refractivity contribution in [1.29, 1.82) is 0 Å². The molecule has 2 aromatic carbocycles. The largest absolute Gasteiger partial charge is 0.490 e. The molecule has 1 atom stereocenters. The lowest BCUT2D eigenvalue weighted by molar-refractivity contribution is -0.131. The van der Waals surface area contributed by atoms with Crippen LogP contribution in [0.15, 0.2) is 30.3 Å². The number of carbonyl (C=O) groups is 1. The molecule has 6 nitrogen and oxygen atoms in total. The van der Waals surface area contributed by atoms with Crippen LogP contribution < -0.4 is 18.9 Å². The van der Waals surface area contributed by atoms with Gasteiger partial charge in [-0.3, -0.25) is 4.79 Å². The van der Waals surface area contributed by atoms with Crippen LogP contribution in [0.1, 0.15) is 50.4 Å². The van der Waals surface area contributed by atoms with E-state index < -0.39 is 0 Å². The third-order valence-corrected chi connectivity index (χ3v) is 5.86. The highest BCUT2D eigenvalue weighted by molar-refractivity contribution is 6.27. The van der Waals surface area contributed by atoms with Crippen molar-refractivity contribution in [3.05, 3.63) is 47.0 Å². The molecule has 1 heterocycles. The summed E-state index contributed by atoms with van der Waals surface area (Å²) in [4.78, 5) is 14.6. The molecule has 0 radical (unpaired) electrons. The number of halogens is 1. The van der Waals surface area contributed by atoms with E-state index in [2.05, 4.69) is 6.07 Å². The molecule has 180 valence electrons. The Hall–Kier alpha value is -2.60. The zero-order valence-corrected chi connectivity index (χ0v) is 20.7. The number of amides is 1. The zero-order valence-electron chi connectivity index (χ0n) is 20.0. The Kier molecular flexibility index (Phi) is 9.12. The van der Waals surface area contributed by atoms with E-state index >= 15 is 0 Å². The Balaban J connectivity index is 2.03. The molecule has 0 unspecified atom stereocenters. The van der Waals surface area contributed by atoms with E-state index in [9.17, 15) is 4.79 Å². The molecule has 0 aromatic heterocycles. The Morgan fingerprint density at radius 3 is 2.06 bits per heavy atom. The summed E-state index contributed by atoms with van der Waals surface area (Å²) in [5.74, 6) is 2.76. The highest BCUT2D eigenvalue weighted by Crippen LogP contribution is 2.40. The lowest BCUT2D eigenvalue weighted by atomic mass is 9.88. The molecule has 0 fully saturated rings. The molecule has 33 heavy (non-hydrogen) atoms. The molecule has 0 aliphatic carbocycles. The summed E-state index contributed by atoms with van der Waals surface area (Å²) in [6, 6.07) is 9.89. The van der Waals surface area contributed by atoms with Crippen LogP contribution >= 0.6 is 11.6 Å². The van der Waals surface area contributed by atoms with Crippen molar-refractivity contribution in [3.8, 4) is 23.0 Å². The fourth-order valence-corrected chi connectivity index (χ4v) is 4.44. The Morgan fingerprint density at radius 2 is 1.45 bits per heavy atom. The summed E-state index contributed by atoms with van der Waals surface area (Å²) in [5.41, 5.74) is 3.29. The van der Waals surface area contributed by atoms with E-state index in [1.165, 1.54) is 5.56 Å². The number of fused-ring (bicyclic) bond motifs is 1. The molecule has 0 saturated heterocycles. The molecule has 1 amide bonds. The quantitative estimate of drug-likeness (QED) is 0.419. The van der Waals surface area contributed by atoms with Gasteiger partial charge in [0.2, 0.25) is 5.91 Å². The first-order valence-electron chi connectivity index (χ1n) is 11.7. The monoisotopic (exact) mass is 475 g/mol. The van der Waals surface area contributed by atoms with Crippen LogP contribution in [0.3, 0.4) is 0 Å². The molecule has 1 aliphatic heterocycles. The zero-order chi connectivity index (χ0) is 23.8. The van der Waals surface area contributed by atoms with Crippen LogP contribution in [0.25, 0.3) is 0 Å². The van der Waals surface area contributed by atoms with Gasteiger partial charge < -0.3 is 23.8 Å². The third kappa shape index (κ3) is 5.85. The standard InChI is InChI=1S/C26H34ClNO5/c1-5-30-22-10-9-18(14-23(22)31-6-2)13-21-20-16-25(33-8-4)24(32-7-3)15-19(20)11-12-28(21)26(29)17-27/h9-10,14-16,21H,5-8,11-13,17H2,1-4H3/t21-/m0/s1. The van der Waals surface area contributed by atoms with Gasteiger partial charge in [0.15, 0.2) is 23.0 Å². The molecule has 0 bridgehead atoms. The normalized spacial score (nSPS) is 15.1. The van der Waals surface area contributed by atoms with Gasteiger partial charge in [-0.05, 0) is 81.5 Å². The van der Waals surface area contributed by atoms with Crippen molar-refractivity contribution in [1.82, 2.24) is 4.90 Å². The topological polar surface area (TPSA) is 57.2 Å². The van der Waals surface area contributed by atoms with E-state index in [4.69, 9.17) is 30.5 Å². The second kappa shape index (κ2) is 12.0. The second-order valence-electron chi connectivity index (χ2n) is 7.70. The Labute approximate surface area is 201 Å². The van der Waals surface area contributed by atoms with Gasteiger partial charge in [-0.1, -0.05) is 6.07 Å². The number of rotatable bonds is 11. The fraction of sp³-hybridized carbons (Fsp3) is 0.500. The number of nitrogens with zero attached hydrogens (tertiary/aromatic N) is 1. The van der Waals surface area contributed by atoms with Crippen molar-refractivity contribution in [2.75, 3.05) is 38.9 Å². The van der Waals surface area contributed by atoms with E-state index in [1.54, 1.807) is 0 Å². The van der Waals surface area contributed by atoms with Gasteiger partial charge in [-0.2, -0.15) is 0 Å². The second-order valence-corrected chi connectivity index (χ2v) is 7.97.